The van der Waals surface area contributed by atoms with Gasteiger partial charge in [-0.05, 0) is 47.5 Å². The van der Waals surface area contributed by atoms with Crippen LogP contribution in [0.4, 0.5) is 0 Å². The smallest absolute Gasteiger partial charge is 0.253 e. The minimum absolute atomic E-state index is 0.0404. The maximum absolute atomic E-state index is 13.0. The normalized spacial score (nSPS) is 14.9. The van der Waals surface area contributed by atoms with Crippen molar-refractivity contribution >= 4 is 46.4 Å². The number of carbonyl (C=O) groups is 2. The van der Waals surface area contributed by atoms with E-state index < -0.39 is 6.04 Å². The molecule has 7 heteroatoms. The zero-order valence-corrected chi connectivity index (χ0v) is 16.9. The Morgan fingerprint density at radius 2 is 2.00 bits per heavy atom. The van der Waals surface area contributed by atoms with E-state index in [9.17, 15) is 9.59 Å². The van der Waals surface area contributed by atoms with E-state index in [0.717, 1.165) is 6.42 Å². The van der Waals surface area contributed by atoms with Gasteiger partial charge in [0.15, 0.2) is 0 Å². The fraction of sp³-hybridized carbons (Fsp3) is 0.368. The molecule has 1 atom stereocenters. The number of nitrogens with one attached hydrogen (secondary N) is 1. The molecular formula is C19H20Cl2N2O2S. The van der Waals surface area contributed by atoms with Crippen LogP contribution in [0, 0.1) is 5.92 Å². The molecule has 0 unspecified atom stereocenters. The van der Waals surface area contributed by atoms with Crippen molar-refractivity contribution in [2.45, 2.75) is 32.9 Å². The number of hydrogen-bond donors (Lipinski definition) is 1. The van der Waals surface area contributed by atoms with Crippen molar-refractivity contribution in [2.24, 2.45) is 5.92 Å². The molecule has 2 amide bonds. The topological polar surface area (TPSA) is 49.4 Å². The number of amides is 2. The lowest BCUT2D eigenvalue weighted by molar-refractivity contribution is -0.135. The van der Waals surface area contributed by atoms with E-state index in [1.54, 1.807) is 23.5 Å². The van der Waals surface area contributed by atoms with Crippen LogP contribution in [-0.4, -0.2) is 29.3 Å². The molecule has 1 aromatic carbocycles. The molecule has 2 aromatic rings. The van der Waals surface area contributed by atoms with Crippen LogP contribution in [0.1, 0.15) is 34.6 Å². The highest BCUT2D eigenvalue weighted by Crippen LogP contribution is 2.25. The highest BCUT2D eigenvalue weighted by molar-refractivity contribution is 7.10. The quantitative estimate of drug-likeness (QED) is 0.811. The fourth-order valence-corrected chi connectivity index (χ4v) is 4.42. The van der Waals surface area contributed by atoms with Gasteiger partial charge in [-0.25, -0.2) is 0 Å². The van der Waals surface area contributed by atoms with Gasteiger partial charge in [-0.15, -0.1) is 11.3 Å². The third kappa shape index (κ3) is 4.05. The van der Waals surface area contributed by atoms with Crippen LogP contribution >= 0.6 is 34.5 Å². The van der Waals surface area contributed by atoms with E-state index in [0.29, 0.717) is 23.7 Å². The molecule has 1 aromatic heterocycles. The second-order valence-corrected chi connectivity index (χ2v) is 8.54. The summed E-state index contributed by atoms with van der Waals surface area (Å²) >= 11 is 13.7. The molecule has 0 fully saturated rings. The summed E-state index contributed by atoms with van der Waals surface area (Å²) in [6, 6.07) is 6.16. The second kappa shape index (κ2) is 7.99. The van der Waals surface area contributed by atoms with E-state index in [2.05, 4.69) is 16.8 Å². The predicted octanol–water partition coefficient (Wildman–Crippen LogP) is 4.39. The molecular weight excluding hydrogens is 391 g/mol. The Bertz CT molecular complexity index is 835. The molecule has 1 aliphatic rings. The van der Waals surface area contributed by atoms with Crippen molar-refractivity contribution in [3.8, 4) is 0 Å². The lowest BCUT2D eigenvalue weighted by Gasteiger charge is -2.32. The van der Waals surface area contributed by atoms with Gasteiger partial charge in [-0.2, -0.15) is 0 Å². The molecule has 0 radical (unpaired) electrons. The van der Waals surface area contributed by atoms with Crippen molar-refractivity contribution in [3.63, 3.8) is 0 Å². The van der Waals surface area contributed by atoms with Gasteiger partial charge in [0, 0.05) is 23.0 Å². The number of fused-ring (bicyclic) bond motifs is 1. The van der Waals surface area contributed by atoms with Gasteiger partial charge >= 0.3 is 0 Å². The number of hydrogen-bond acceptors (Lipinski definition) is 3. The van der Waals surface area contributed by atoms with Gasteiger partial charge in [-0.1, -0.05) is 37.0 Å². The molecule has 0 saturated carbocycles. The van der Waals surface area contributed by atoms with Crippen LogP contribution in [0.25, 0.3) is 0 Å². The molecule has 3 rings (SSSR count). The molecule has 4 nitrogen and oxygen atoms in total. The molecule has 26 heavy (non-hydrogen) atoms. The van der Waals surface area contributed by atoms with Crippen LogP contribution < -0.4 is 5.32 Å². The first kappa shape index (κ1) is 19.2. The van der Waals surface area contributed by atoms with Crippen molar-refractivity contribution in [2.75, 3.05) is 6.54 Å². The summed E-state index contributed by atoms with van der Waals surface area (Å²) in [5.74, 6) is -0.469. The standard InChI is InChI=1S/C19H20Cl2N2O2S/c1-11(2)17(22-18(24)14-4-3-13(20)9-15(14)21)19(25)23-7-5-16-12(10-23)6-8-26-16/h3-4,6,8-9,11,17H,5,7,10H2,1-2H3,(H,22,24)/t17-/m0/s1. The summed E-state index contributed by atoms with van der Waals surface area (Å²) in [6.07, 6.45) is 0.862. The van der Waals surface area contributed by atoms with E-state index in [1.165, 1.54) is 16.5 Å². The Balaban J connectivity index is 1.74. The number of benzene rings is 1. The SMILES string of the molecule is CC(C)[C@H](NC(=O)c1ccc(Cl)cc1Cl)C(=O)N1CCc2sccc2C1. The first-order valence-electron chi connectivity index (χ1n) is 8.46. The zero-order valence-electron chi connectivity index (χ0n) is 14.6. The summed E-state index contributed by atoms with van der Waals surface area (Å²) in [4.78, 5) is 28.8. The molecule has 0 spiro atoms. The van der Waals surface area contributed by atoms with E-state index >= 15 is 0 Å². The van der Waals surface area contributed by atoms with Crippen LogP contribution in [0.5, 0.6) is 0 Å². The van der Waals surface area contributed by atoms with Crippen LogP contribution in [0.15, 0.2) is 29.6 Å². The highest BCUT2D eigenvalue weighted by atomic mass is 35.5. The Morgan fingerprint density at radius 3 is 2.69 bits per heavy atom. The minimum atomic E-state index is -0.602. The van der Waals surface area contributed by atoms with E-state index in [-0.39, 0.29) is 22.8 Å². The summed E-state index contributed by atoms with van der Waals surface area (Å²) in [5.41, 5.74) is 1.51. The summed E-state index contributed by atoms with van der Waals surface area (Å²) in [5, 5.41) is 5.64. The van der Waals surface area contributed by atoms with Crippen molar-refractivity contribution < 1.29 is 9.59 Å². The number of nitrogens with zero attached hydrogens (tertiary/aromatic N) is 1. The van der Waals surface area contributed by atoms with Crippen molar-refractivity contribution in [1.82, 2.24) is 10.2 Å². The highest BCUT2D eigenvalue weighted by Gasteiger charge is 2.31. The van der Waals surface area contributed by atoms with E-state index in [4.69, 9.17) is 23.2 Å². The Hall–Kier alpha value is -1.56. The summed E-state index contributed by atoms with van der Waals surface area (Å²) < 4.78 is 0. The lowest BCUT2D eigenvalue weighted by Crippen LogP contribution is -2.52. The molecule has 0 saturated heterocycles. The average molecular weight is 411 g/mol. The van der Waals surface area contributed by atoms with Gasteiger partial charge in [0.2, 0.25) is 5.91 Å². The average Bonchev–Trinajstić information content (AvgIpc) is 3.06. The summed E-state index contributed by atoms with van der Waals surface area (Å²) in [6.45, 7) is 5.12. The molecule has 1 N–H and O–H groups in total. The third-order valence-electron chi connectivity index (χ3n) is 4.51. The minimum Gasteiger partial charge on any atom is -0.340 e. The van der Waals surface area contributed by atoms with Gasteiger partial charge in [0.05, 0.1) is 10.6 Å². The van der Waals surface area contributed by atoms with Gasteiger partial charge in [0.25, 0.3) is 5.91 Å². The molecule has 2 heterocycles. The number of thiophene rings is 1. The van der Waals surface area contributed by atoms with Crippen molar-refractivity contribution in [1.29, 1.82) is 0 Å². The van der Waals surface area contributed by atoms with E-state index in [1.807, 2.05) is 18.7 Å². The van der Waals surface area contributed by atoms with Gasteiger partial charge < -0.3 is 10.2 Å². The fourth-order valence-electron chi connectivity index (χ4n) is 3.04. The monoisotopic (exact) mass is 410 g/mol. The largest absolute Gasteiger partial charge is 0.340 e. The first-order chi connectivity index (χ1) is 12.4. The molecule has 0 bridgehead atoms. The van der Waals surface area contributed by atoms with Crippen LogP contribution in [-0.2, 0) is 17.8 Å². The van der Waals surface area contributed by atoms with Crippen LogP contribution in [0.3, 0.4) is 0 Å². The zero-order chi connectivity index (χ0) is 18.8. The number of carbonyl (C=O) groups excluding carboxylic acids is 2. The lowest BCUT2D eigenvalue weighted by atomic mass is 10.00. The third-order valence-corrected chi connectivity index (χ3v) is 6.09. The van der Waals surface area contributed by atoms with Gasteiger partial charge in [-0.3, -0.25) is 9.59 Å². The molecule has 1 aliphatic heterocycles. The van der Waals surface area contributed by atoms with Gasteiger partial charge in [0.1, 0.15) is 6.04 Å². The number of rotatable bonds is 4. The maximum Gasteiger partial charge on any atom is 0.253 e. The maximum atomic E-state index is 13.0. The van der Waals surface area contributed by atoms with Crippen LogP contribution in [0.2, 0.25) is 10.0 Å². The first-order valence-corrected chi connectivity index (χ1v) is 10.1. The Kier molecular flexibility index (Phi) is 5.90. The molecule has 0 aliphatic carbocycles. The number of halogens is 2. The predicted molar refractivity (Wildman–Crippen MR) is 106 cm³/mol. The Labute approximate surface area is 167 Å². The Morgan fingerprint density at radius 1 is 1.23 bits per heavy atom. The summed E-state index contributed by atoms with van der Waals surface area (Å²) in [7, 11) is 0. The molecule has 138 valence electrons. The van der Waals surface area contributed by atoms with Crippen molar-refractivity contribution in [3.05, 3.63) is 55.7 Å². The second-order valence-electron chi connectivity index (χ2n) is 6.70.